The van der Waals surface area contributed by atoms with Crippen molar-refractivity contribution in [1.82, 2.24) is 4.90 Å². The summed E-state index contributed by atoms with van der Waals surface area (Å²) in [5.74, 6) is 1.73. The van der Waals surface area contributed by atoms with Gasteiger partial charge in [-0.25, -0.2) is 0 Å². The Morgan fingerprint density at radius 1 is 1.29 bits per heavy atom. The zero-order valence-electron chi connectivity index (χ0n) is 13.5. The molecule has 0 saturated heterocycles. The van der Waals surface area contributed by atoms with Crippen molar-refractivity contribution in [2.45, 2.75) is 45.1 Å². The fourth-order valence-electron chi connectivity index (χ4n) is 3.24. The minimum atomic E-state index is -0.191. The fourth-order valence-corrected chi connectivity index (χ4v) is 3.24. The van der Waals surface area contributed by atoms with Gasteiger partial charge in [-0.2, -0.15) is 0 Å². The van der Waals surface area contributed by atoms with Crippen molar-refractivity contribution in [3.8, 4) is 5.75 Å². The summed E-state index contributed by atoms with van der Waals surface area (Å²) < 4.78 is 5.97. The lowest BCUT2D eigenvalue weighted by molar-refractivity contribution is -0.121. The molecule has 0 N–H and O–H groups in total. The minimum Gasteiger partial charge on any atom is -0.493 e. The number of rotatable bonds is 6. The van der Waals surface area contributed by atoms with E-state index in [4.69, 9.17) is 4.74 Å². The molecule has 1 atom stereocenters. The summed E-state index contributed by atoms with van der Waals surface area (Å²) in [6.45, 7) is 2.44. The molecular formula is C18H27NO2. The Morgan fingerprint density at radius 3 is 2.62 bits per heavy atom. The van der Waals surface area contributed by atoms with Crippen molar-refractivity contribution < 1.29 is 9.53 Å². The van der Waals surface area contributed by atoms with Gasteiger partial charge in [-0.15, -0.1) is 0 Å². The van der Waals surface area contributed by atoms with E-state index in [1.165, 1.54) is 32.1 Å². The zero-order chi connectivity index (χ0) is 15.2. The molecule has 21 heavy (non-hydrogen) atoms. The Balaban J connectivity index is 2.01. The molecule has 1 aromatic rings. The van der Waals surface area contributed by atoms with Gasteiger partial charge in [0.2, 0.25) is 0 Å². The van der Waals surface area contributed by atoms with E-state index in [-0.39, 0.29) is 11.8 Å². The third-order valence-corrected chi connectivity index (χ3v) is 4.29. The Hall–Kier alpha value is -1.35. The number of benzene rings is 1. The lowest BCUT2D eigenvalue weighted by atomic mass is 9.90. The van der Waals surface area contributed by atoms with E-state index >= 15 is 0 Å². The van der Waals surface area contributed by atoms with Gasteiger partial charge in [0.1, 0.15) is 5.75 Å². The summed E-state index contributed by atoms with van der Waals surface area (Å²) in [5.41, 5.74) is 1.01. The number of ether oxygens (including phenoxy) is 1. The molecule has 0 aliphatic heterocycles. The highest BCUT2D eigenvalue weighted by molar-refractivity contribution is 5.82. The molecule has 0 spiro atoms. The van der Waals surface area contributed by atoms with Crippen LogP contribution < -0.4 is 4.74 Å². The quantitative estimate of drug-likeness (QED) is 0.797. The van der Waals surface area contributed by atoms with Crippen LogP contribution in [0, 0.1) is 5.92 Å². The van der Waals surface area contributed by atoms with Crippen LogP contribution in [0.5, 0.6) is 5.75 Å². The van der Waals surface area contributed by atoms with Gasteiger partial charge >= 0.3 is 0 Å². The molecule has 1 aliphatic rings. The molecule has 1 aliphatic carbocycles. The summed E-state index contributed by atoms with van der Waals surface area (Å²) >= 11 is 0. The first kappa shape index (κ1) is 16.0. The van der Waals surface area contributed by atoms with Gasteiger partial charge in [0, 0.05) is 0 Å². The maximum atomic E-state index is 11.8. The Bertz CT molecular complexity index is 464. The van der Waals surface area contributed by atoms with Crippen LogP contribution >= 0.6 is 0 Å². The van der Waals surface area contributed by atoms with Crippen LogP contribution in [0.2, 0.25) is 0 Å². The number of nitrogens with zero attached hydrogens (tertiary/aromatic N) is 1. The molecule has 3 nitrogen and oxygen atoms in total. The lowest BCUT2D eigenvalue weighted by Crippen LogP contribution is -2.26. The molecule has 0 amide bonds. The normalized spacial score (nSPS) is 17.7. The maximum Gasteiger partial charge on any atom is 0.151 e. The SMILES string of the molecule is CC(=O)C(c1cccc(OCC2CCCCC2)c1)N(C)C. The highest BCUT2D eigenvalue weighted by Crippen LogP contribution is 2.26. The second-order valence-corrected chi connectivity index (χ2v) is 6.36. The van der Waals surface area contributed by atoms with E-state index in [9.17, 15) is 4.79 Å². The molecule has 3 heteroatoms. The van der Waals surface area contributed by atoms with Gasteiger partial charge in [0.05, 0.1) is 12.6 Å². The standard InChI is InChI=1S/C18H27NO2/c1-14(20)18(19(2)3)16-10-7-11-17(12-16)21-13-15-8-5-4-6-9-15/h7,10-12,15,18H,4-6,8-9,13H2,1-3H3. The lowest BCUT2D eigenvalue weighted by Gasteiger charge is -2.24. The summed E-state index contributed by atoms with van der Waals surface area (Å²) in [6, 6.07) is 7.78. The molecule has 0 bridgehead atoms. The largest absolute Gasteiger partial charge is 0.493 e. The molecule has 116 valence electrons. The van der Waals surface area contributed by atoms with Crippen LogP contribution in [0.1, 0.15) is 50.6 Å². The monoisotopic (exact) mass is 289 g/mol. The number of likely N-dealkylation sites (N-methyl/N-ethyl adjacent to an activating group) is 1. The maximum absolute atomic E-state index is 11.8. The van der Waals surface area contributed by atoms with Crippen LogP contribution in [-0.4, -0.2) is 31.4 Å². The summed E-state index contributed by atoms with van der Waals surface area (Å²) in [7, 11) is 3.86. The van der Waals surface area contributed by atoms with Gasteiger partial charge in [-0.1, -0.05) is 31.4 Å². The van der Waals surface area contributed by atoms with Gasteiger partial charge in [0.15, 0.2) is 5.78 Å². The molecule has 1 aromatic carbocycles. The average molecular weight is 289 g/mol. The van der Waals surface area contributed by atoms with Gasteiger partial charge < -0.3 is 4.74 Å². The van der Waals surface area contributed by atoms with Crippen LogP contribution in [-0.2, 0) is 4.79 Å². The van der Waals surface area contributed by atoms with Gasteiger partial charge in [0.25, 0.3) is 0 Å². The first-order chi connectivity index (χ1) is 10.1. The topological polar surface area (TPSA) is 29.5 Å². The third-order valence-electron chi connectivity index (χ3n) is 4.29. The second-order valence-electron chi connectivity index (χ2n) is 6.36. The van der Waals surface area contributed by atoms with Crippen molar-refractivity contribution in [2.24, 2.45) is 5.92 Å². The third kappa shape index (κ3) is 4.57. The zero-order valence-corrected chi connectivity index (χ0v) is 13.5. The summed E-state index contributed by atoms with van der Waals surface area (Å²) in [6.07, 6.45) is 6.61. The van der Waals surface area contributed by atoms with E-state index in [1.807, 2.05) is 43.3 Å². The highest BCUT2D eigenvalue weighted by atomic mass is 16.5. The van der Waals surface area contributed by atoms with Gasteiger partial charge in [-0.05, 0) is 57.5 Å². The van der Waals surface area contributed by atoms with Crippen molar-refractivity contribution in [1.29, 1.82) is 0 Å². The number of hydrogen-bond acceptors (Lipinski definition) is 3. The van der Waals surface area contributed by atoms with Crippen molar-refractivity contribution in [3.63, 3.8) is 0 Å². The van der Waals surface area contributed by atoms with Crippen molar-refractivity contribution in [3.05, 3.63) is 29.8 Å². The smallest absolute Gasteiger partial charge is 0.151 e. The first-order valence-corrected chi connectivity index (χ1v) is 7.97. The Labute approximate surface area is 128 Å². The summed E-state index contributed by atoms with van der Waals surface area (Å²) in [5, 5.41) is 0. The summed E-state index contributed by atoms with van der Waals surface area (Å²) in [4.78, 5) is 13.8. The van der Waals surface area contributed by atoms with Crippen LogP contribution in [0.25, 0.3) is 0 Å². The molecule has 1 unspecified atom stereocenters. The number of carbonyl (C=O) groups is 1. The first-order valence-electron chi connectivity index (χ1n) is 7.97. The van der Waals surface area contributed by atoms with Crippen molar-refractivity contribution >= 4 is 5.78 Å². The van der Waals surface area contributed by atoms with E-state index in [1.54, 1.807) is 6.92 Å². The molecule has 1 fully saturated rings. The predicted molar refractivity (Wildman–Crippen MR) is 85.6 cm³/mol. The highest BCUT2D eigenvalue weighted by Gasteiger charge is 2.20. The molecule has 0 aromatic heterocycles. The average Bonchev–Trinajstić information content (AvgIpc) is 2.46. The molecule has 1 saturated carbocycles. The Morgan fingerprint density at radius 2 is 2.00 bits per heavy atom. The number of carbonyl (C=O) groups excluding carboxylic acids is 1. The number of ketones is 1. The van der Waals surface area contributed by atoms with E-state index in [2.05, 4.69) is 0 Å². The second kappa shape index (κ2) is 7.60. The van der Waals surface area contributed by atoms with Crippen molar-refractivity contribution in [2.75, 3.05) is 20.7 Å². The molecule has 2 rings (SSSR count). The number of hydrogen-bond donors (Lipinski definition) is 0. The molecule has 0 heterocycles. The van der Waals surface area contributed by atoms with E-state index in [0.29, 0.717) is 5.92 Å². The Kier molecular flexibility index (Phi) is 5.80. The molecule has 0 radical (unpaired) electrons. The number of Topliss-reactive ketones (excluding diaryl/α,β-unsaturated/α-hetero) is 1. The van der Waals surface area contributed by atoms with E-state index in [0.717, 1.165) is 17.9 Å². The van der Waals surface area contributed by atoms with Crippen LogP contribution in [0.3, 0.4) is 0 Å². The van der Waals surface area contributed by atoms with Gasteiger partial charge in [-0.3, -0.25) is 9.69 Å². The van der Waals surface area contributed by atoms with Crippen LogP contribution in [0.15, 0.2) is 24.3 Å². The van der Waals surface area contributed by atoms with E-state index < -0.39 is 0 Å². The molecular weight excluding hydrogens is 262 g/mol. The fraction of sp³-hybridized carbons (Fsp3) is 0.611. The predicted octanol–water partition coefficient (Wildman–Crippen LogP) is 3.84. The minimum absolute atomic E-state index is 0.157. The van der Waals surface area contributed by atoms with Crippen LogP contribution in [0.4, 0.5) is 0 Å².